The predicted molar refractivity (Wildman–Crippen MR) is 86.4 cm³/mol. The van der Waals surface area contributed by atoms with Crippen molar-refractivity contribution in [1.82, 2.24) is 14.4 Å². The van der Waals surface area contributed by atoms with Crippen LogP contribution in [0.1, 0.15) is 20.3 Å². The molecule has 0 bridgehead atoms. The maximum atomic E-state index is 4.74. The van der Waals surface area contributed by atoms with Gasteiger partial charge in [0.2, 0.25) is 0 Å². The molecule has 1 N–H and O–H groups in total. The van der Waals surface area contributed by atoms with Crippen LogP contribution in [0.25, 0.3) is 16.9 Å². The van der Waals surface area contributed by atoms with E-state index in [1.807, 2.05) is 42.7 Å². The van der Waals surface area contributed by atoms with Crippen LogP contribution in [0.4, 0.5) is 5.82 Å². The van der Waals surface area contributed by atoms with E-state index >= 15 is 0 Å². The molecule has 0 saturated heterocycles. The minimum absolute atomic E-state index is 0.679. The third-order valence-corrected chi connectivity index (χ3v) is 3.48. The maximum Gasteiger partial charge on any atom is 0.139 e. The van der Waals surface area contributed by atoms with Crippen molar-refractivity contribution in [3.8, 4) is 11.3 Å². The summed E-state index contributed by atoms with van der Waals surface area (Å²) in [6.07, 6.45) is 6.81. The Morgan fingerprint density at radius 1 is 1.19 bits per heavy atom. The third-order valence-electron chi connectivity index (χ3n) is 3.48. The van der Waals surface area contributed by atoms with E-state index in [9.17, 15) is 0 Å². The molecule has 0 spiro atoms. The normalized spacial score (nSPS) is 11.2. The highest BCUT2D eigenvalue weighted by Crippen LogP contribution is 2.28. The minimum atomic E-state index is 0.679. The molecule has 0 aliphatic rings. The average molecular weight is 280 g/mol. The van der Waals surface area contributed by atoms with Gasteiger partial charge in [0.25, 0.3) is 0 Å². The Morgan fingerprint density at radius 2 is 2.10 bits per heavy atom. The van der Waals surface area contributed by atoms with Crippen LogP contribution in [-0.2, 0) is 0 Å². The first-order chi connectivity index (χ1) is 10.3. The summed E-state index contributed by atoms with van der Waals surface area (Å²) in [5.74, 6) is 1.72. The van der Waals surface area contributed by atoms with Crippen molar-refractivity contribution in [3.63, 3.8) is 0 Å². The number of pyridine rings is 2. The van der Waals surface area contributed by atoms with Crippen molar-refractivity contribution in [2.45, 2.75) is 20.3 Å². The van der Waals surface area contributed by atoms with E-state index in [0.717, 1.165) is 35.7 Å². The van der Waals surface area contributed by atoms with Gasteiger partial charge in [-0.05, 0) is 36.6 Å². The number of rotatable bonds is 5. The van der Waals surface area contributed by atoms with Gasteiger partial charge in [-0.15, -0.1) is 0 Å². The highest BCUT2D eigenvalue weighted by molar-refractivity contribution is 5.75. The fourth-order valence-corrected chi connectivity index (χ4v) is 2.35. The standard InChI is InChI=1S/C17H20N4/c1-13(2)8-10-19-17-16(14-6-5-9-18-12-14)20-15-7-3-4-11-21(15)17/h3-7,9,11-13,19H,8,10H2,1-2H3. The van der Waals surface area contributed by atoms with E-state index in [-0.39, 0.29) is 0 Å². The largest absolute Gasteiger partial charge is 0.369 e. The first-order valence-electron chi connectivity index (χ1n) is 7.37. The molecule has 3 heterocycles. The zero-order valence-corrected chi connectivity index (χ0v) is 12.5. The summed E-state index contributed by atoms with van der Waals surface area (Å²) in [6, 6.07) is 10.0. The smallest absolute Gasteiger partial charge is 0.139 e. The molecule has 0 fully saturated rings. The Bertz CT molecular complexity index is 716. The molecular formula is C17H20N4. The van der Waals surface area contributed by atoms with Gasteiger partial charge < -0.3 is 5.32 Å². The summed E-state index contributed by atoms with van der Waals surface area (Å²) < 4.78 is 2.10. The second-order valence-electron chi connectivity index (χ2n) is 5.59. The SMILES string of the molecule is CC(C)CCNc1c(-c2cccnc2)nc2ccccn12. The van der Waals surface area contributed by atoms with Gasteiger partial charge in [-0.3, -0.25) is 9.38 Å². The van der Waals surface area contributed by atoms with Gasteiger partial charge in [-0.25, -0.2) is 4.98 Å². The first kappa shape index (κ1) is 13.6. The van der Waals surface area contributed by atoms with Crippen LogP contribution in [0.3, 0.4) is 0 Å². The van der Waals surface area contributed by atoms with Gasteiger partial charge in [0.05, 0.1) is 0 Å². The zero-order valence-electron chi connectivity index (χ0n) is 12.5. The highest BCUT2D eigenvalue weighted by atomic mass is 15.1. The molecule has 0 aliphatic heterocycles. The first-order valence-corrected chi connectivity index (χ1v) is 7.37. The average Bonchev–Trinajstić information content (AvgIpc) is 2.87. The number of aromatic nitrogens is 3. The van der Waals surface area contributed by atoms with Gasteiger partial charge in [0.15, 0.2) is 0 Å². The van der Waals surface area contributed by atoms with Gasteiger partial charge in [0, 0.05) is 30.7 Å². The van der Waals surface area contributed by atoms with Crippen LogP contribution >= 0.6 is 0 Å². The molecule has 0 aromatic carbocycles. The second-order valence-corrected chi connectivity index (χ2v) is 5.59. The number of nitrogens with zero attached hydrogens (tertiary/aromatic N) is 3. The van der Waals surface area contributed by atoms with Crippen molar-refractivity contribution < 1.29 is 0 Å². The summed E-state index contributed by atoms with van der Waals surface area (Å²) in [7, 11) is 0. The number of anilines is 1. The van der Waals surface area contributed by atoms with E-state index in [1.165, 1.54) is 0 Å². The van der Waals surface area contributed by atoms with Gasteiger partial charge >= 0.3 is 0 Å². The molecule has 3 aromatic heterocycles. The molecule has 21 heavy (non-hydrogen) atoms. The van der Waals surface area contributed by atoms with E-state index in [0.29, 0.717) is 5.92 Å². The Labute approximate surface area is 124 Å². The lowest BCUT2D eigenvalue weighted by atomic mass is 10.1. The summed E-state index contributed by atoms with van der Waals surface area (Å²) in [5, 5.41) is 3.54. The van der Waals surface area contributed by atoms with E-state index < -0.39 is 0 Å². The summed E-state index contributed by atoms with van der Waals surface area (Å²) >= 11 is 0. The van der Waals surface area contributed by atoms with Crippen LogP contribution in [0.15, 0.2) is 48.9 Å². The molecule has 0 unspecified atom stereocenters. The molecule has 4 nitrogen and oxygen atoms in total. The van der Waals surface area contributed by atoms with Gasteiger partial charge in [-0.2, -0.15) is 0 Å². The van der Waals surface area contributed by atoms with Crippen molar-refractivity contribution in [1.29, 1.82) is 0 Å². The predicted octanol–water partition coefficient (Wildman–Crippen LogP) is 3.85. The van der Waals surface area contributed by atoms with Crippen molar-refractivity contribution in [2.75, 3.05) is 11.9 Å². The van der Waals surface area contributed by atoms with Crippen LogP contribution in [0, 0.1) is 5.92 Å². The Kier molecular flexibility index (Phi) is 3.86. The molecule has 0 saturated carbocycles. The number of hydrogen-bond acceptors (Lipinski definition) is 3. The number of hydrogen-bond donors (Lipinski definition) is 1. The van der Waals surface area contributed by atoms with Crippen LogP contribution in [0.2, 0.25) is 0 Å². The van der Waals surface area contributed by atoms with Crippen LogP contribution in [0.5, 0.6) is 0 Å². The number of nitrogens with one attached hydrogen (secondary N) is 1. The van der Waals surface area contributed by atoms with Gasteiger partial charge in [0.1, 0.15) is 17.2 Å². The van der Waals surface area contributed by atoms with Crippen LogP contribution < -0.4 is 5.32 Å². The zero-order chi connectivity index (χ0) is 14.7. The molecule has 4 heteroatoms. The van der Waals surface area contributed by atoms with E-state index in [2.05, 4.69) is 28.5 Å². The van der Waals surface area contributed by atoms with E-state index in [1.54, 1.807) is 6.20 Å². The lowest BCUT2D eigenvalue weighted by Gasteiger charge is -2.10. The Morgan fingerprint density at radius 3 is 2.86 bits per heavy atom. The summed E-state index contributed by atoms with van der Waals surface area (Å²) in [4.78, 5) is 8.94. The Hall–Kier alpha value is -2.36. The molecule has 0 amide bonds. The van der Waals surface area contributed by atoms with Crippen LogP contribution in [-0.4, -0.2) is 20.9 Å². The molecular weight excluding hydrogens is 260 g/mol. The maximum absolute atomic E-state index is 4.74. The third kappa shape index (κ3) is 2.89. The topological polar surface area (TPSA) is 42.2 Å². The molecule has 108 valence electrons. The fourth-order valence-electron chi connectivity index (χ4n) is 2.35. The van der Waals surface area contributed by atoms with Crippen molar-refractivity contribution >= 4 is 11.5 Å². The molecule has 0 atom stereocenters. The van der Waals surface area contributed by atoms with Gasteiger partial charge in [-0.1, -0.05) is 19.9 Å². The lowest BCUT2D eigenvalue weighted by molar-refractivity contribution is 0.606. The molecule has 3 rings (SSSR count). The molecule has 0 aliphatic carbocycles. The quantitative estimate of drug-likeness (QED) is 0.771. The molecule has 0 radical (unpaired) electrons. The summed E-state index contributed by atoms with van der Waals surface area (Å²) in [5.41, 5.74) is 2.94. The molecule has 3 aromatic rings. The van der Waals surface area contributed by atoms with Crippen molar-refractivity contribution in [2.24, 2.45) is 5.92 Å². The monoisotopic (exact) mass is 280 g/mol. The highest BCUT2D eigenvalue weighted by Gasteiger charge is 2.13. The number of imidazole rings is 1. The number of fused-ring (bicyclic) bond motifs is 1. The van der Waals surface area contributed by atoms with E-state index in [4.69, 9.17) is 4.98 Å². The summed E-state index contributed by atoms with van der Waals surface area (Å²) in [6.45, 7) is 5.41. The Balaban J connectivity index is 2.02. The van der Waals surface area contributed by atoms with Crippen molar-refractivity contribution in [3.05, 3.63) is 48.9 Å². The lowest BCUT2D eigenvalue weighted by Crippen LogP contribution is -2.07. The second kappa shape index (κ2) is 5.95. The minimum Gasteiger partial charge on any atom is -0.369 e. The fraction of sp³-hybridized carbons (Fsp3) is 0.294.